The van der Waals surface area contributed by atoms with Crippen molar-refractivity contribution < 1.29 is 0 Å². The second kappa shape index (κ2) is 8.26. The Morgan fingerprint density at radius 1 is 0.700 bits per heavy atom. The molecule has 0 amide bonds. The second-order valence-electron chi connectivity index (χ2n) is 7.77. The number of aromatic nitrogens is 2. The molecule has 0 saturated heterocycles. The molecule has 0 saturated carbocycles. The van der Waals surface area contributed by atoms with Gasteiger partial charge in [-0.05, 0) is 55.8 Å². The van der Waals surface area contributed by atoms with Crippen molar-refractivity contribution in [1.82, 2.24) is 9.97 Å². The summed E-state index contributed by atoms with van der Waals surface area (Å²) in [5.74, 6) is 0. The fourth-order valence-electron chi connectivity index (χ4n) is 4.25. The maximum atomic E-state index is 7.26. The quantitative estimate of drug-likeness (QED) is 0.277. The zero-order chi connectivity index (χ0) is 21.1. The molecule has 6 heteroatoms. The molecule has 30 heavy (non-hydrogen) atoms. The standard InChI is InChI=1S/C24H28N6/c25-13-3-1-2-12-24(28,18-8-10-20(26)16-6-4-14-29-22(16)18)19-9-11-21(27)17-7-5-15-30-23(17)19/h4-11,14-15H,1-3,12-13,25-28H2. The molecule has 2 aromatic carbocycles. The largest absolute Gasteiger partial charge is 0.398 e. The monoisotopic (exact) mass is 400 g/mol. The Labute approximate surface area is 176 Å². The molecule has 0 atom stereocenters. The number of nitrogens with zero attached hydrogens (tertiary/aromatic N) is 2. The highest BCUT2D eigenvalue weighted by atomic mass is 14.8. The van der Waals surface area contributed by atoms with Crippen LogP contribution in [0.5, 0.6) is 0 Å². The summed E-state index contributed by atoms with van der Waals surface area (Å²) in [7, 11) is 0. The highest BCUT2D eigenvalue weighted by Gasteiger charge is 2.34. The van der Waals surface area contributed by atoms with Crippen LogP contribution in [0.15, 0.2) is 60.9 Å². The van der Waals surface area contributed by atoms with Crippen LogP contribution in [-0.4, -0.2) is 16.5 Å². The number of nitrogen functional groups attached to an aromatic ring is 2. The molecule has 4 aromatic rings. The van der Waals surface area contributed by atoms with E-state index in [2.05, 4.69) is 9.97 Å². The number of pyridine rings is 2. The van der Waals surface area contributed by atoms with Crippen molar-refractivity contribution in [2.75, 3.05) is 18.0 Å². The minimum absolute atomic E-state index is 0.677. The van der Waals surface area contributed by atoms with Crippen LogP contribution in [0.1, 0.15) is 36.8 Å². The molecular weight excluding hydrogens is 372 g/mol. The van der Waals surface area contributed by atoms with Gasteiger partial charge in [-0.25, -0.2) is 0 Å². The van der Waals surface area contributed by atoms with E-state index in [1.807, 2.05) is 48.5 Å². The predicted molar refractivity (Wildman–Crippen MR) is 125 cm³/mol. The zero-order valence-electron chi connectivity index (χ0n) is 17.0. The Bertz CT molecular complexity index is 1100. The van der Waals surface area contributed by atoms with Crippen molar-refractivity contribution in [2.24, 2.45) is 11.5 Å². The minimum atomic E-state index is -0.796. The molecule has 2 aromatic heterocycles. The number of rotatable bonds is 7. The fourth-order valence-corrected chi connectivity index (χ4v) is 4.25. The first kappa shape index (κ1) is 20.1. The molecule has 0 fully saturated rings. The summed E-state index contributed by atoms with van der Waals surface area (Å²) in [6.07, 6.45) is 7.20. The first-order valence-corrected chi connectivity index (χ1v) is 10.3. The van der Waals surface area contributed by atoms with Crippen LogP contribution < -0.4 is 22.9 Å². The Hall–Kier alpha value is -3.22. The van der Waals surface area contributed by atoms with Crippen LogP contribution in [0.4, 0.5) is 11.4 Å². The van der Waals surface area contributed by atoms with Crippen molar-refractivity contribution in [3.05, 3.63) is 72.1 Å². The lowest BCUT2D eigenvalue weighted by molar-refractivity contribution is 0.463. The molecule has 0 aliphatic carbocycles. The van der Waals surface area contributed by atoms with Gasteiger partial charge < -0.3 is 22.9 Å². The maximum absolute atomic E-state index is 7.26. The van der Waals surface area contributed by atoms with Gasteiger partial charge in [-0.2, -0.15) is 0 Å². The van der Waals surface area contributed by atoms with E-state index in [1.165, 1.54) is 0 Å². The van der Waals surface area contributed by atoms with E-state index in [4.69, 9.17) is 22.9 Å². The van der Waals surface area contributed by atoms with E-state index in [9.17, 15) is 0 Å². The summed E-state index contributed by atoms with van der Waals surface area (Å²) < 4.78 is 0. The second-order valence-corrected chi connectivity index (χ2v) is 7.77. The average Bonchev–Trinajstić information content (AvgIpc) is 2.77. The van der Waals surface area contributed by atoms with E-state index in [1.54, 1.807) is 12.4 Å². The van der Waals surface area contributed by atoms with Crippen molar-refractivity contribution in [3.8, 4) is 0 Å². The van der Waals surface area contributed by atoms with Gasteiger partial charge in [0.2, 0.25) is 0 Å². The summed E-state index contributed by atoms with van der Waals surface area (Å²) in [4.78, 5) is 9.30. The van der Waals surface area contributed by atoms with Crippen molar-refractivity contribution in [2.45, 2.75) is 31.2 Å². The van der Waals surface area contributed by atoms with Gasteiger partial charge in [-0.1, -0.05) is 25.0 Å². The van der Waals surface area contributed by atoms with Crippen molar-refractivity contribution >= 4 is 33.2 Å². The molecule has 2 heterocycles. The molecular formula is C24H28N6. The highest BCUT2D eigenvalue weighted by Crippen LogP contribution is 2.40. The van der Waals surface area contributed by atoms with Gasteiger partial charge in [0, 0.05) is 45.7 Å². The Kier molecular flexibility index (Phi) is 5.53. The lowest BCUT2D eigenvalue weighted by Crippen LogP contribution is -2.39. The van der Waals surface area contributed by atoms with Crippen molar-refractivity contribution in [1.29, 1.82) is 0 Å². The number of hydrogen-bond acceptors (Lipinski definition) is 6. The van der Waals surface area contributed by atoms with Crippen LogP contribution in [-0.2, 0) is 5.54 Å². The summed E-state index contributed by atoms with van der Waals surface area (Å²) in [6, 6.07) is 15.6. The topological polar surface area (TPSA) is 130 Å². The van der Waals surface area contributed by atoms with Crippen LogP contribution in [0, 0.1) is 0 Å². The number of benzene rings is 2. The minimum Gasteiger partial charge on any atom is -0.398 e. The van der Waals surface area contributed by atoms with E-state index in [0.717, 1.165) is 58.6 Å². The number of anilines is 2. The highest BCUT2D eigenvalue weighted by molar-refractivity contribution is 5.96. The van der Waals surface area contributed by atoms with Gasteiger partial charge in [0.15, 0.2) is 0 Å². The molecule has 8 N–H and O–H groups in total. The van der Waals surface area contributed by atoms with Gasteiger partial charge in [0.1, 0.15) is 0 Å². The Morgan fingerprint density at radius 3 is 1.73 bits per heavy atom. The van der Waals surface area contributed by atoms with E-state index >= 15 is 0 Å². The molecule has 0 bridgehead atoms. The van der Waals surface area contributed by atoms with Crippen LogP contribution in [0.2, 0.25) is 0 Å². The third-order valence-electron chi connectivity index (χ3n) is 5.84. The summed E-state index contributed by atoms with van der Waals surface area (Å²) in [5.41, 5.74) is 29.5. The number of nitrogens with two attached hydrogens (primary N) is 4. The lowest BCUT2D eigenvalue weighted by atomic mass is 9.77. The maximum Gasteiger partial charge on any atom is 0.0776 e. The Balaban J connectivity index is 1.96. The third kappa shape index (κ3) is 3.44. The third-order valence-corrected chi connectivity index (χ3v) is 5.84. The smallest absolute Gasteiger partial charge is 0.0776 e. The molecule has 0 aliphatic rings. The summed E-state index contributed by atoms with van der Waals surface area (Å²) in [6.45, 7) is 0.677. The summed E-state index contributed by atoms with van der Waals surface area (Å²) in [5, 5.41) is 1.80. The molecule has 0 unspecified atom stereocenters. The zero-order valence-corrected chi connectivity index (χ0v) is 17.0. The first-order valence-electron chi connectivity index (χ1n) is 10.3. The molecule has 6 nitrogen and oxygen atoms in total. The molecule has 0 radical (unpaired) electrons. The summed E-state index contributed by atoms with van der Waals surface area (Å²) >= 11 is 0. The molecule has 0 aliphatic heterocycles. The number of hydrogen-bond donors (Lipinski definition) is 4. The average molecular weight is 401 g/mol. The first-order chi connectivity index (χ1) is 14.6. The Morgan fingerprint density at radius 2 is 1.23 bits per heavy atom. The van der Waals surface area contributed by atoms with E-state index in [-0.39, 0.29) is 0 Å². The van der Waals surface area contributed by atoms with E-state index in [0.29, 0.717) is 17.9 Å². The number of unbranched alkanes of at least 4 members (excludes halogenated alkanes) is 2. The van der Waals surface area contributed by atoms with Gasteiger partial charge in [0.05, 0.1) is 16.6 Å². The number of fused-ring (bicyclic) bond motifs is 2. The molecule has 0 spiro atoms. The van der Waals surface area contributed by atoms with E-state index < -0.39 is 5.54 Å². The SMILES string of the molecule is NCCCCCC(N)(c1ccc(N)c2cccnc12)c1ccc(N)c2cccnc12. The van der Waals surface area contributed by atoms with Gasteiger partial charge in [-0.3, -0.25) is 9.97 Å². The van der Waals surface area contributed by atoms with Crippen LogP contribution in [0.3, 0.4) is 0 Å². The van der Waals surface area contributed by atoms with Gasteiger partial charge >= 0.3 is 0 Å². The predicted octanol–water partition coefficient (Wildman–Crippen LogP) is 3.67. The lowest BCUT2D eigenvalue weighted by Gasteiger charge is -2.33. The van der Waals surface area contributed by atoms with Gasteiger partial charge in [-0.15, -0.1) is 0 Å². The molecule has 154 valence electrons. The van der Waals surface area contributed by atoms with Crippen molar-refractivity contribution in [3.63, 3.8) is 0 Å². The van der Waals surface area contributed by atoms with Crippen LogP contribution in [0.25, 0.3) is 21.8 Å². The van der Waals surface area contributed by atoms with Crippen LogP contribution >= 0.6 is 0 Å². The molecule has 4 rings (SSSR count). The normalized spacial score (nSPS) is 11.9. The fraction of sp³-hybridized carbons (Fsp3) is 0.250. The van der Waals surface area contributed by atoms with Gasteiger partial charge in [0.25, 0.3) is 0 Å².